The molecule has 3 rings (SSSR count). The minimum atomic E-state index is -4.58. The van der Waals surface area contributed by atoms with Crippen LogP contribution in [0.15, 0.2) is 30.3 Å². The minimum absolute atomic E-state index is 0.153. The Hall–Kier alpha value is -2.49. The maximum Gasteiger partial charge on any atom is 0.433 e. The Kier molecular flexibility index (Phi) is 8.00. The number of hydrogen-bond acceptors (Lipinski definition) is 4. The first-order chi connectivity index (χ1) is 14.8. The topological polar surface area (TPSA) is 53.1 Å². The van der Waals surface area contributed by atoms with Crippen molar-refractivity contribution in [1.82, 2.24) is 15.3 Å². The molecule has 2 N–H and O–H groups in total. The normalized spacial score (nSPS) is 14.8. The Labute approximate surface area is 184 Å². The Morgan fingerprint density at radius 1 is 1.03 bits per heavy atom. The third-order valence-corrected chi connectivity index (χ3v) is 5.25. The lowest BCUT2D eigenvalue weighted by Crippen LogP contribution is -2.31. The van der Waals surface area contributed by atoms with Crippen LogP contribution in [0.25, 0.3) is 0 Å². The Bertz CT molecular complexity index is 865. The van der Waals surface area contributed by atoms with E-state index in [-0.39, 0.29) is 22.7 Å². The molecule has 0 aliphatic carbocycles. The fourth-order valence-electron chi connectivity index (χ4n) is 3.39. The molecule has 31 heavy (non-hydrogen) atoms. The molecule has 5 nitrogen and oxygen atoms in total. The van der Waals surface area contributed by atoms with Gasteiger partial charge >= 0.3 is 6.18 Å². The molecule has 1 aliphatic rings. The standard InChI is InChI=1S/C21H25F4N5S/c22-16-9-7-15(8-10-16)6-5-11-26-20(31)29-19-27-17(21(23,24)25)14-18(28-19)30-12-3-1-2-4-13-30/h7-10,14H,1-6,11-13H2,(H2,26,27,28,29,31). The van der Waals surface area contributed by atoms with Crippen molar-refractivity contribution in [2.75, 3.05) is 29.9 Å². The number of nitrogens with zero attached hydrogens (tertiary/aromatic N) is 3. The number of aromatic nitrogens is 2. The summed E-state index contributed by atoms with van der Waals surface area (Å²) < 4.78 is 53.0. The molecule has 1 fully saturated rings. The van der Waals surface area contributed by atoms with Gasteiger partial charge in [0.05, 0.1) is 0 Å². The van der Waals surface area contributed by atoms with Crippen molar-refractivity contribution in [3.63, 3.8) is 0 Å². The van der Waals surface area contributed by atoms with E-state index in [0.717, 1.165) is 50.2 Å². The highest BCUT2D eigenvalue weighted by Crippen LogP contribution is 2.31. The average Bonchev–Trinajstić information content (AvgIpc) is 3.01. The SMILES string of the molecule is Fc1ccc(CCCNC(=S)Nc2nc(N3CCCCCC3)cc(C(F)(F)F)n2)cc1. The van der Waals surface area contributed by atoms with Crippen LogP contribution in [0.5, 0.6) is 0 Å². The van der Waals surface area contributed by atoms with Crippen LogP contribution in [0.3, 0.4) is 0 Å². The van der Waals surface area contributed by atoms with Crippen molar-refractivity contribution in [2.45, 2.75) is 44.7 Å². The molecule has 1 aromatic heterocycles. The average molecular weight is 456 g/mol. The van der Waals surface area contributed by atoms with Crippen LogP contribution in [0.2, 0.25) is 0 Å². The number of aryl methyl sites for hydroxylation is 1. The van der Waals surface area contributed by atoms with Gasteiger partial charge in [-0.1, -0.05) is 25.0 Å². The Balaban J connectivity index is 1.60. The summed E-state index contributed by atoms with van der Waals surface area (Å²) in [6.45, 7) is 1.83. The molecule has 1 aliphatic heterocycles. The lowest BCUT2D eigenvalue weighted by atomic mass is 10.1. The van der Waals surface area contributed by atoms with E-state index in [0.29, 0.717) is 19.6 Å². The molecule has 0 radical (unpaired) electrons. The number of alkyl halides is 3. The van der Waals surface area contributed by atoms with Crippen LogP contribution in [-0.2, 0) is 12.6 Å². The summed E-state index contributed by atoms with van der Waals surface area (Å²) in [5.41, 5.74) is -0.00580. The Morgan fingerprint density at radius 3 is 2.35 bits per heavy atom. The van der Waals surface area contributed by atoms with Crippen LogP contribution >= 0.6 is 12.2 Å². The number of hydrogen-bond donors (Lipinski definition) is 2. The fraction of sp³-hybridized carbons (Fsp3) is 0.476. The fourth-order valence-corrected chi connectivity index (χ4v) is 3.58. The Morgan fingerprint density at radius 2 is 1.71 bits per heavy atom. The van der Waals surface area contributed by atoms with E-state index >= 15 is 0 Å². The highest BCUT2D eigenvalue weighted by molar-refractivity contribution is 7.80. The van der Waals surface area contributed by atoms with E-state index in [1.165, 1.54) is 12.1 Å². The lowest BCUT2D eigenvalue weighted by molar-refractivity contribution is -0.141. The molecule has 1 saturated heterocycles. The first-order valence-corrected chi connectivity index (χ1v) is 10.7. The van der Waals surface area contributed by atoms with Gasteiger partial charge in [-0.25, -0.2) is 9.37 Å². The van der Waals surface area contributed by atoms with E-state index < -0.39 is 11.9 Å². The zero-order chi connectivity index (χ0) is 22.3. The van der Waals surface area contributed by atoms with Crippen molar-refractivity contribution in [2.24, 2.45) is 0 Å². The summed E-state index contributed by atoms with van der Waals surface area (Å²) in [6.07, 6.45) is 0.814. The second-order valence-electron chi connectivity index (χ2n) is 7.44. The molecule has 2 heterocycles. The van der Waals surface area contributed by atoms with Gasteiger partial charge in [0.25, 0.3) is 0 Å². The summed E-state index contributed by atoms with van der Waals surface area (Å²) in [6, 6.07) is 7.23. The zero-order valence-corrected chi connectivity index (χ0v) is 17.8. The van der Waals surface area contributed by atoms with Gasteiger partial charge in [0.1, 0.15) is 11.6 Å². The number of benzene rings is 1. The summed E-state index contributed by atoms with van der Waals surface area (Å²) in [7, 11) is 0. The predicted octanol–water partition coefficient (Wildman–Crippen LogP) is 4.93. The van der Waals surface area contributed by atoms with E-state index in [1.54, 1.807) is 12.1 Å². The summed E-state index contributed by atoms with van der Waals surface area (Å²) >= 11 is 5.19. The van der Waals surface area contributed by atoms with Crippen molar-refractivity contribution >= 4 is 29.1 Å². The molecular formula is C21H25F4N5S. The van der Waals surface area contributed by atoms with Crippen molar-refractivity contribution < 1.29 is 17.6 Å². The van der Waals surface area contributed by atoms with Crippen molar-refractivity contribution in [3.05, 3.63) is 47.4 Å². The summed E-state index contributed by atoms with van der Waals surface area (Å²) in [4.78, 5) is 9.76. The van der Waals surface area contributed by atoms with Crippen LogP contribution < -0.4 is 15.5 Å². The van der Waals surface area contributed by atoms with Crippen LogP contribution in [0.1, 0.15) is 43.4 Å². The first kappa shape index (κ1) is 23.2. The van der Waals surface area contributed by atoms with E-state index in [1.807, 2.05) is 4.90 Å². The smallest absolute Gasteiger partial charge is 0.362 e. The minimum Gasteiger partial charge on any atom is -0.362 e. The quantitative estimate of drug-likeness (QED) is 0.366. The molecule has 0 atom stereocenters. The van der Waals surface area contributed by atoms with Gasteiger partial charge in [0, 0.05) is 25.7 Å². The van der Waals surface area contributed by atoms with Crippen molar-refractivity contribution in [3.8, 4) is 0 Å². The molecule has 0 spiro atoms. The van der Waals surface area contributed by atoms with Crippen LogP contribution in [0.4, 0.5) is 29.3 Å². The third kappa shape index (κ3) is 7.30. The van der Waals surface area contributed by atoms with Crippen LogP contribution in [0, 0.1) is 5.82 Å². The molecule has 10 heteroatoms. The molecule has 2 aromatic rings. The van der Waals surface area contributed by atoms with E-state index in [9.17, 15) is 17.6 Å². The number of thiocarbonyl (C=S) groups is 1. The van der Waals surface area contributed by atoms with Gasteiger partial charge in [-0.3, -0.25) is 0 Å². The van der Waals surface area contributed by atoms with E-state index in [2.05, 4.69) is 20.6 Å². The lowest BCUT2D eigenvalue weighted by Gasteiger charge is -2.23. The number of nitrogens with one attached hydrogen (secondary N) is 2. The number of rotatable bonds is 6. The summed E-state index contributed by atoms with van der Waals surface area (Å²) in [5, 5.41) is 5.78. The largest absolute Gasteiger partial charge is 0.433 e. The molecule has 0 bridgehead atoms. The van der Waals surface area contributed by atoms with Gasteiger partial charge in [-0.2, -0.15) is 18.2 Å². The maximum absolute atomic E-state index is 13.4. The number of halogens is 4. The second kappa shape index (κ2) is 10.7. The zero-order valence-electron chi connectivity index (χ0n) is 17.0. The van der Waals surface area contributed by atoms with Crippen LogP contribution in [-0.4, -0.2) is 34.7 Å². The van der Waals surface area contributed by atoms with Gasteiger partial charge in [0.2, 0.25) is 5.95 Å². The molecule has 168 valence electrons. The second-order valence-corrected chi connectivity index (χ2v) is 7.85. The van der Waals surface area contributed by atoms with Gasteiger partial charge < -0.3 is 15.5 Å². The molecule has 0 unspecified atom stereocenters. The molecule has 0 saturated carbocycles. The summed E-state index contributed by atoms with van der Waals surface area (Å²) in [5.74, 6) is -0.205. The maximum atomic E-state index is 13.4. The first-order valence-electron chi connectivity index (χ1n) is 10.3. The predicted molar refractivity (Wildman–Crippen MR) is 117 cm³/mol. The molecular weight excluding hydrogens is 430 g/mol. The van der Waals surface area contributed by atoms with E-state index in [4.69, 9.17) is 12.2 Å². The third-order valence-electron chi connectivity index (χ3n) is 5.00. The molecule has 1 aromatic carbocycles. The van der Waals surface area contributed by atoms with Gasteiger partial charge in [-0.15, -0.1) is 0 Å². The number of anilines is 2. The monoisotopic (exact) mass is 455 g/mol. The van der Waals surface area contributed by atoms with Gasteiger partial charge in [-0.05, 0) is 55.6 Å². The highest BCUT2D eigenvalue weighted by Gasteiger charge is 2.34. The highest BCUT2D eigenvalue weighted by atomic mass is 32.1. The molecule has 0 amide bonds. The van der Waals surface area contributed by atoms with Gasteiger partial charge in [0.15, 0.2) is 10.8 Å². The van der Waals surface area contributed by atoms with Crippen molar-refractivity contribution in [1.29, 1.82) is 0 Å².